The summed E-state index contributed by atoms with van der Waals surface area (Å²) in [5.41, 5.74) is 0.956. The number of sulfonamides is 2. The monoisotopic (exact) mass is 509 g/mol. The van der Waals surface area contributed by atoms with Gasteiger partial charge in [-0.25, -0.2) is 21.6 Å². The summed E-state index contributed by atoms with van der Waals surface area (Å²) in [5.74, 6) is -0.198. The number of piperidine rings is 1. The number of nitrogens with zero attached hydrogens (tertiary/aromatic N) is 1. The fourth-order valence-corrected chi connectivity index (χ4v) is 6.27. The molecule has 9 nitrogen and oxygen atoms in total. The summed E-state index contributed by atoms with van der Waals surface area (Å²) in [6.45, 7) is 4.77. The van der Waals surface area contributed by atoms with E-state index in [0.717, 1.165) is 5.56 Å². The number of benzene rings is 2. The first-order valence-corrected chi connectivity index (χ1v) is 14.1. The van der Waals surface area contributed by atoms with Crippen molar-refractivity contribution in [2.75, 3.05) is 32.8 Å². The van der Waals surface area contributed by atoms with Crippen LogP contribution in [0.5, 0.6) is 5.75 Å². The van der Waals surface area contributed by atoms with Crippen LogP contribution in [0.3, 0.4) is 0 Å². The second-order valence-electron chi connectivity index (χ2n) is 8.11. The molecule has 1 saturated heterocycles. The Morgan fingerprint density at radius 3 is 2.29 bits per heavy atom. The van der Waals surface area contributed by atoms with Crippen LogP contribution < -0.4 is 14.8 Å². The topological polar surface area (TPSA) is 122 Å². The Kier molecular flexibility index (Phi) is 8.69. The van der Waals surface area contributed by atoms with Crippen molar-refractivity contribution in [3.8, 4) is 5.75 Å². The maximum atomic E-state index is 13.0. The van der Waals surface area contributed by atoms with Crippen molar-refractivity contribution in [3.63, 3.8) is 0 Å². The minimum atomic E-state index is -3.73. The van der Waals surface area contributed by atoms with Crippen LogP contribution in [0.15, 0.2) is 58.3 Å². The second kappa shape index (κ2) is 11.3. The van der Waals surface area contributed by atoms with Crippen LogP contribution in [-0.2, 0) is 24.8 Å². The van der Waals surface area contributed by atoms with Gasteiger partial charge in [0.05, 0.1) is 22.3 Å². The molecule has 0 radical (unpaired) electrons. The molecule has 3 rings (SSSR count). The predicted octanol–water partition coefficient (Wildman–Crippen LogP) is 1.89. The maximum Gasteiger partial charge on any atom is 0.243 e. The van der Waals surface area contributed by atoms with Crippen LogP contribution in [0.4, 0.5) is 0 Å². The van der Waals surface area contributed by atoms with Crippen LogP contribution in [0.2, 0.25) is 0 Å². The van der Waals surface area contributed by atoms with Crippen molar-refractivity contribution in [1.82, 2.24) is 14.3 Å². The second-order valence-corrected chi connectivity index (χ2v) is 11.8. The highest BCUT2D eigenvalue weighted by atomic mass is 32.2. The first kappa shape index (κ1) is 26.1. The lowest BCUT2D eigenvalue weighted by atomic mass is 9.99. The largest absolute Gasteiger partial charge is 0.494 e. The Morgan fingerprint density at radius 1 is 1.00 bits per heavy atom. The van der Waals surface area contributed by atoms with Gasteiger partial charge >= 0.3 is 0 Å². The van der Waals surface area contributed by atoms with Gasteiger partial charge in [0.15, 0.2) is 0 Å². The van der Waals surface area contributed by atoms with E-state index in [2.05, 4.69) is 10.0 Å². The molecule has 0 aliphatic carbocycles. The van der Waals surface area contributed by atoms with Crippen molar-refractivity contribution < 1.29 is 26.4 Å². The van der Waals surface area contributed by atoms with E-state index < -0.39 is 26.0 Å². The van der Waals surface area contributed by atoms with Gasteiger partial charge in [-0.15, -0.1) is 0 Å². The lowest BCUT2D eigenvalue weighted by Gasteiger charge is -2.31. The van der Waals surface area contributed by atoms with Crippen LogP contribution >= 0.6 is 0 Å². The van der Waals surface area contributed by atoms with E-state index in [1.165, 1.54) is 28.6 Å². The van der Waals surface area contributed by atoms with E-state index in [-0.39, 0.29) is 35.3 Å². The predicted molar refractivity (Wildman–Crippen MR) is 128 cm³/mol. The Bertz CT molecular complexity index is 1180. The lowest BCUT2D eigenvalue weighted by molar-refractivity contribution is -0.126. The summed E-state index contributed by atoms with van der Waals surface area (Å²) < 4.78 is 59.9. The normalized spacial score (nSPS) is 17.3. The number of nitrogens with one attached hydrogen (secondary N) is 2. The maximum absolute atomic E-state index is 13.0. The molecule has 0 bridgehead atoms. The van der Waals surface area contributed by atoms with E-state index in [1.807, 2.05) is 13.8 Å². The van der Waals surface area contributed by atoms with Crippen LogP contribution in [0, 0.1) is 12.8 Å². The standard InChI is InChI=1S/C23H31N3O6S2/c1-3-32-20-8-12-22(13-9-20)34(30,31)26-16-4-5-19(17-26)23(27)24-14-15-25-33(28,29)21-10-6-18(2)7-11-21/h6-13,19,25H,3-5,14-17H2,1-2H3,(H,24,27). The first-order chi connectivity index (χ1) is 16.1. The summed E-state index contributed by atoms with van der Waals surface area (Å²) in [4.78, 5) is 12.9. The summed E-state index contributed by atoms with van der Waals surface area (Å²) >= 11 is 0. The van der Waals surface area contributed by atoms with E-state index in [9.17, 15) is 21.6 Å². The van der Waals surface area contributed by atoms with Gasteiger partial charge in [0.1, 0.15) is 5.75 Å². The Hall–Kier alpha value is -2.47. The molecule has 1 atom stereocenters. The first-order valence-electron chi connectivity index (χ1n) is 11.2. The molecule has 1 heterocycles. The minimum absolute atomic E-state index is 0.0306. The fourth-order valence-electron chi connectivity index (χ4n) is 3.71. The Balaban J connectivity index is 1.52. The molecule has 1 fully saturated rings. The molecule has 1 aliphatic rings. The summed E-state index contributed by atoms with van der Waals surface area (Å²) in [5, 5.41) is 2.71. The zero-order chi connectivity index (χ0) is 24.8. The molecule has 1 aliphatic heterocycles. The molecule has 2 aromatic rings. The molecule has 11 heteroatoms. The molecule has 0 aromatic heterocycles. The fraction of sp³-hybridized carbons (Fsp3) is 0.435. The highest BCUT2D eigenvalue weighted by Crippen LogP contribution is 2.25. The third-order valence-electron chi connectivity index (χ3n) is 5.58. The van der Waals surface area contributed by atoms with Gasteiger partial charge in [-0.1, -0.05) is 17.7 Å². The van der Waals surface area contributed by atoms with Gasteiger partial charge < -0.3 is 10.1 Å². The lowest BCUT2D eigenvalue weighted by Crippen LogP contribution is -2.46. The van der Waals surface area contributed by atoms with Crippen molar-refractivity contribution >= 4 is 26.0 Å². The molecular formula is C23H31N3O6S2. The Labute approximate surface area is 201 Å². The molecule has 186 valence electrons. The third kappa shape index (κ3) is 6.56. The van der Waals surface area contributed by atoms with Gasteiger partial charge in [-0.3, -0.25) is 4.79 Å². The zero-order valence-corrected chi connectivity index (χ0v) is 21.0. The number of carbonyl (C=O) groups excluding carboxylic acids is 1. The van der Waals surface area contributed by atoms with Crippen molar-refractivity contribution in [2.45, 2.75) is 36.5 Å². The van der Waals surface area contributed by atoms with Gasteiger partial charge in [-0.2, -0.15) is 4.31 Å². The quantitative estimate of drug-likeness (QED) is 0.472. The average Bonchev–Trinajstić information content (AvgIpc) is 2.82. The van der Waals surface area contributed by atoms with Crippen molar-refractivity contribution in [2.24, 2.45) is 5.92 Å². The average molecular weight is 510 g/mol. The number of hydrogen-bond acceptors (Lipinski definition) is 6. The number of aryl methyl sites for hydroxylation is 1. The SMILES string of the molecule is CCOc1ccc(S(=O)(=O)N2CCCC(C(=O)NCCNS(=O)(=O)c3ccc(C)cc3)C2)cc1. The molecule has 34 heavy (non-hydrogen) atoms. The smallest absolute Gasteiger partial charge is 0.243 e. The van der Waals surface area contributed by atoms with E-state index in [1.54, 1.807) is 24.3 Å². The van der Waals surface area contributed by atoms with E-state index >= 15 is 0 Å². The zero-order valence-electron chi connectivity index (χ0n) is 19.4. The molecular weight excluding hydrogens is 478 g/mol. The Morgan fingerprint density at radius 2 is 1.65 bits per heavy atom. The number of carbonyl (C=O) groups is 1. The van der Waals surface area contributed by atoms with Crippen LogP contribution in [-0.4, -0.2) is 59.8 Å². The third-order valence-corrected chi connectivity index (χ3v) is 8.93. The summed E-state index contributed by atoms with van der Waals surface area (Å²) in [7, 11) is -7.40. The number of amides is 1. The highest BCUT2D eigenvalue weighted by Gasteiger charge is 2.33. The minimum Gasteiger partial charge on any atom is -0.494 e. The molecule has 2 N–H and O–H groups in total. The van der Waals surface area contributed by atoms with Crippen LogP contribution in [0.1, 0.15) is 25.3 Å². The van der Waals surface area contributed by atoms with E-state index in [4.69, 9.17) is 4.74 Å². The van der Waals surface area contributed by atoms with Gasteiger partial charge in [0.2, 0.25) is 26.0 Å². The van der Waals surface area contributed by atoms with Crippen LogP contribution in [0.25, 0.3) is 0 Å². The number of ether oxygens (including phenoxy) is 1. The van der Waals surface area contributed by atoms with Gasteiger partial charge in [0, 0.05) is 26.2 Å². The number of hydrogen-bond donors (Lipinski definition) is 2. The highest BCUT2D eigenvalue weighted by molar-refractivity contribution is 7.89. The number of rotatable bonds is 10. The molecule has 2 aromatic carbocycles. The molecule has 1 amide bonds. The molecule has 0 saturated carbocycles. The molecule has 0 spiro atoms. The van der Waals surface area contributed by atoms with Crippen molar-refractivity contribution in [3.05, 3.63) is 54.1 Å². The van der Waals surface area contributed by atoms with Gasteiger partial charge in [-0.05, 0) is 63.1 Å². The van der Waals surface area contributed by atoms with Gasteiger partial charge in [0.25, 0.3) is 0 Å². The van der Waals surface area contributed by atoms with Crippen molar-refractivity contribution in [1.29, 1.82) is 0 Å². The van der Waals surface area contributed by atoms with E-state index in [0.29, 0.717) is 31.7 Å². The summed E-state index contributed by atoms with van der Waals surface area (Å²) in [6, 6.07) is 12.7. The molecule has 1 unspecified atom stereocenters. The summed E-state index contributed by atoms with van der Waals surface area (Å²) in [6.07, 6.45) is 1.13.